The van der Waals surface area contributed by atoms with E-state index >= 15 is 0 Å². The van der Waals surface area contributed by atoms with Crippen LogP contribution in [0.15, 0.2) is 59.6 Å². The molecular weight excluding hydrogens is 472 g/mol. The lowest BCUT2D eigenvalue weighted by molar-refractivity contribution is 0.0852. The maximum atomic E-state index is 8.40. The Bertz CT molecular complexity index is 1480. The van der Waals surface area contributed by atoms with Crippen molar-refractivity contribution in [2.75, 3.05) is 13.2 Å². The van der Waals surface area contributed by atoms with Crippen LogP contribution < -0.4 is 10.5 Å². The number of ether oxygens (including phenoxy) is 1. The quantitative estimate of drug-likeness (QED) is 0.199. The minimum atomic E-state index is 0.0918. The van der Waals surface area contributed by atoms with Crippen LogP contribution in [0.1, 0.15) is 52.5 Å². The van der Waals surface area contributed by atoms with E-state index in [2.05, 4.69) is 64.3 Å². The molecule has 1 saturated heterocycles. The molecule has 0 spiro atoms. The fourth-order valence-corrected chi connectivity index (χ4v) is 5.35. The SMILES string of the molecule is CC(C)C(N)=NC(=N)c1ccc2[nH]nc(-c3ccc4cc(OCCN5C(C)CCCC5C)ccc4c3)c2c1. The number of aliphatic imine (C=N–C) groups is 1. The highest BCUT2D eigenvalue weighted by Gasteiger charge is 2.24. The average molecular weight is 511 g/mol. The van der Waals surface area contributed by atoms with Gasteiger partial charge in [-0.25, -0.2) is 4.99 Å². The number of nitrogens with two attached hydrogens (primary N) is 1. The number of nitrogens with zero attached hydrogens (tertiary/aromatic N) is 3. The molecule has 5 rings (SSSR count). The van der Waals surface area contributed by atoms with Gasteiger partial charge in [0, 0.05) is 41.1 Å². The van der Waals surface area contributed by atoms with Crippen LogP contribution in [0.25, 0.3) is 32.9 Å². The van der Waals surface area contributed by atoms with E-state index in [1.807, 2.05) is 38.1 Å². The van der Waals surface area contributed by atoms with Crippen molar-refractivity contribution in [2.45, 2.75) is 59.0 Å². The number of amidine groups is 2. The van der Waals surface area contributed by atoms with Crippen LogP contribution in [0.3, 0.4) is 0 Å². The van der Waals surface area contributed by atoms with Gasteiger partial charge in [-0.3, -0.25) is 15.4 Å². The van der Waals surface area contributed by atoms with Crippen LogP contribution in [-0.4, -0.2) is 52.0 Å². The lowest BCUT2D eigenvalue weighted by atomic mass is 9.98. The minimum Gasteiger partial charge on any atom is -0.492 e. The standard InChI is InChI=1S/C31H38N6O/c1-19(2)30(32)34-31(33)25-11-13-28-27(18-25)29(36-35-28)24-9-8-23-17-26(12-10-22(23)16-24)38-15-14-37-20(3)6-5-7-21(37)4/h8-13,16-21H,5-7,14-15H2,1-4H3,(H,35,36)(H3,32,33,34). The number of nitrogens with one attached hydrogen (secondary N) is 2. The number of fused-ring (bicyclic) bond motifs is 2. The van der Waals surface area contributed by atoms with Gasteiger partial charge >= 0.3 is 0 Å². The molecule has 0 amide bonds. The number of benzene rings is 3. The third-order valence-corrected chi connectivity index (χ3v) is 7.75. The molecule has 2 heterocycles. The molecule has 4 N–H and O–H groups in total. The molecular formula is C31H38N6O. The normalized spacial score (nSPS) is 18.9. The maximum absolute atomic E-state index is 8.40. The van der Waals surface area contributed by atoms with Gasteiger partial charge in [0.25, 0.3) is 0 Å². The van der Waals surface area contributed by atoms with Crippen molar-refractivity contribution >= 4 is 33.3 Å². The zero-order chi connectivity index (χ0) is 26.8. The van der Waals surface area contributed by atoms with Crippen LogP contribution in [0.2, 0.25) is 0 Å². The Labute approximate surface area is 224 Å². The zero-order valence-electron chi connectivity index (χ0n) is 22.8. The van der Waals surface area contributed by atoms with Crippen LogP contribution >= 0.6 is 0 Å². The third-order valence-electron chi connectivity index (χ3n) is 7.75. The predicted molar refractivity (Wildman–Crippen MR) is 157 cm³/mol. The van der Waals surface area contributed by atoms with Gasteiger partial charge < -0.3 is 10.5 Å². The molecule has 1 aliphatic heterocycles. The first-order chi connectivity index (χ1) is 18.3. The Morgan fingerprint density at radius 2 is 1.82 bits per heavy atom. The number of rotatable bonds is 7. The maximum Gasteiger partial charge on any atom is 0.153 e. The summed E-state index contributed by atoms with van der Waals surface area (Å²) in [5.74, 6) is 1.60. The van der Waals surface area contributed by atoms with Gasteiger partial charge in [0.1, 0.15) is 18.2 Å². The van der Waals surface area contributed by atoms with E-state index < -0.39 is 0 Å². The van der Waals surface area contributed by atoms with Crippen molar-refractivity contribution in [3.8, 4) is 17.0 Å². The summed E-state index contributed by atoms with van der Waals surface area (Å²) >= 11 is 0. The van der Waals surface area contributed by atoms with Crippen molar-refractivity contribution in [3.05, 3.63) is 60.2 Å². The Morgan fingerprint density at radius 3 is 2.58 bits per heavy atom. The molecule has 1 fully saturated rings. The monoisotopic (exact) mass is 510 g/mol. The molecule has 0 bridgehead atoms. The van der Waals surface area contributed by atoms with Crippen molar-refractivity contribution in [1.29, 1.82) is 5.41 Å². The van der Waals surface area contributed by atoms with E-state index in [-0.39, 0.29) is 11.8 Å². The third kappa shape index (κ3) is 5.43. The van der Waals surface area contributed by atoms with Crippen molar-refractivity contribution < 1.29 is 4.74 Å². The van der Waals surface area contributed by atoms with E-state index in [9.17, 15) is 0 Å². The molecule has 1 aliphatic rings. The largest absolute Gasteiger partial charge is 0.492 e. The smallest absolute Gasteiger partial charge is 0.153 e. The predicted octanol–water partition coefficient (Wildman–Crippen LogP) is 6.36. The molecule has 0 saturated carbocycles. The summed E-state index contributed by atoms with van der Waals surface area (Å²) in [7, 11) is 0. The molecule has 2 atom stereocenters. The van der Waals surface area contributed by atoms with Crippen molar-refractivity contribution in [2.24, 2.45) is 16.6 Å². The molecule has 0 radical (unpaired) electrons. The van der Waals surface area contributed by atoms with Crippen molar-refractivity contribution in [3.63, 3.8) is 0 Å². The van der Waals surface area contributed by atoms with E-state index in [0.29, 0.717) is 30.1 Å². The molecule has 3 aromatic carbocycles. The van der Waals surface area contributed by atoms with Gasteiger partial charge in [0.2, 0.25) is 0 Å². The summed E-state index contributed by atoms with van der Waals surface area (Å²) in [4.78, 5) is 6.85. The van der Waals surface area contributed by atoms with Crippen LogP contribution in [0, 0.1) is 11.3 Å². The number of aromatic nitrogens is 2. The van der Waals surface area contributed by atoms with E-state index in [4.69, 9.17) is 15.9 Å². The highest BCUT2D eigenvalue weighted by molar-refractivity contribution is 6.07. The number of hydrogen-bond donors (Lipinski definition) is 3. The molecule has 0 aliphatic carbocycles. The fraction of sp³-hybridized carbons (Fsp3) is 0.387. The number of hydrogen-bond acceptors (Lipinski definition) is 4. The highest BCUT2D eigenvalue weighted by atomic mass is 16.5. The summed E-state index contributed by atoms with van der Waals surface area (Å²) in [6.45, 7) is 10.2. The summed E-state index contributed by atoms with van der Waals surface area (Å²) in [6.07, 6.45) is 3.88. The first-order valence-corrected chi connectivity index (χ1v) is 13.6. The summed E-state index contributed by atoms with van der Waals surface area (Å²) < 4.78 is 6.15. The second-order valence-corrected chi connectivity index (χ2v) is 10.8. The van der Waals surface area contributed by atoms with Gasteiger partial charge in [-0.15, -0.1) is 0 Å². The molecule has 2 unspecified atom stereocenters. The minimum absolute atomic E-state index is 0.0918. The second kappa shape index (κ2) is 11.0. The first kappa shape index (κ1) is 25.9. The number of piperidine rings is 1. The van der Waals surface area contributed by atoms with Gasteiger partial charge in [-0.05, 0) is 73.9 Å². The highest BCUT2D eigenvalue weighted by Crippen LogP contribution is 2.31. The summed E-state index contributed by atoms with van der Waals surface area (Å²) in [5, 5.41) is 19.3. The molecule has 7 nitrogen and oxygen atoms in total. The Balaban J connectivity index is 1.34. The van der Waals surface area contributed by atoms with Gasteiger partial charge in [0.05, 0.1) is 11.2 Å². The molecule has 198 valence electrons. The lowest BCUT2D eigenvalue weighted by Gasteiger charge is -2.38. The fourth-order valence-electron chi connectivity index (χ4n) is 5.35. The first-order valence-electron chi connectivity index (χ1n) is 13.6. The van der Waals surface area contributed by atoms with Gasteiger partial charge in [-0.2, -0.15) is 5.10 Å². The van der Waals surface area contributed by atoms with Crippen molar-refractivity contribution in [1.82, 2.24) is 15.1 Å². The van der Waals surface area contributed by atoms with Crippen LogP contribution in [0.4, 0.5) is 0 Å². The Hall–Kier alpha value is -3.71. The summed E-state index contributed by atoms with van der Waals surface area (Å²) in [5.41, 5.74) is 9.47. The topological polar surface area (TPSA) is 103 Å². The molecule has 4 aromatic rings. The van der Waals surface area contributed by atoms with E-state index in [1.54, 1.807) is 0 Å². The molecule has 7 heteroatoms. The van der Waals surface area contributed by atoms with Crippen LogP contribution in [0.5, 0.6) is 5.75 Å². The molecule has 38 heavy (non-hydrogen) atoms. The Morgan fingerprint density at radius 1 is 1.08 bits per heavy atom. The lowest BCUT2D eigenvalue weighted by Crippen LogP contribution is -2.45. The molecule has 1 aromatic heterocycles. The zero-order valence-corrected chi connectivity index (χ0v) is 22.8. The summed E-state index contributed by atoms with van der Waals surface area (Å²) in [6, 6.07) is 19.7. The van der Waals surface area contributed by atoms with E-state index in [1.165, 1.54) is 19.3 Å². The Kier molecular flexibility index (Phi) is 7.47. The van der Waals surface area contributed by atoms with Gasteiger partial charge in [-0.1, -0.05) is 38.5 Å². The number of aromatic amines is 1. The average Bonchev–Trinajstić information content (AvgIpc) is 3.33. The van der Waals surface area contributed by atoms with Crippen LogP contribution in [-0.2, 0) is 0 Å². The van der Waals surface area contributed by atoms with Gasteiger partial charge in [0.15, 0.2) is 5.84 Å². The number of H-pyrrole nitrogens is 1. The second-order valence-electron chi connectivity index (χ2n) is 10.8. The van der Waals surface area contributed by atoms with E-state index in [0.717, 1.165) is 45.2 Å². The number of likely N-dealkylation sites (tertiary alicyclic amines) is 1.